The van der Waals surface area contributed by atoms with E-state index in [4.69, 9.17) is 0 Å². The number of anilines is 1. The maximum Gasteiger partial charge on any atom is 0.333 e. The van der Waals surface area contributed by atoms with Crippen molar-refractivity contribution in [2.75, 3.05) is 11.1 Å². The Labute approximate surface area is 202 Å². The lowest BCUT2D eigenvalue weighted by Crippen LogP contribution is -2.39. The van der Waals surface area contributed by atoms with E-state index in [-0.39, 0.29) is 22.3 Å². The lowest BCUT2D eigenvalue weighted by Gasteiger charge is -2.13. The predicted molar refractivity (Wildman–Crippen MR) is 138 cm³/mol. The van der Waals surface area contributed by atoms with Crippen molar-refractivity contribution in [3.8, 4) is 5.88 Å². The van der Waals surface area contributed by atoms with E-state index >= 15 is 0 Å². The maximum atomic E-state index is 12.9. The molecule has 3 aromatic rings. The fourth-order valence-corrected chi connectivity index (χ4v) is 4.13. The number of thioether (sulfide) groups is 1. The van der Waals surface area contributed by atoms with E-state index in [0.29, 0.717) is 11.4 Å². The number of aryl methyl sites for hydroxylation is 3. The van der Waals surface area contributed by atoms with Gasteiger partial charge in [0, 0.05) is 19.8 Å². The summed E-state index contributed by atoms with van der Waals surface area (Å²) in [5.74, 6) is -0.839. The van der Waals surface area contributed by atoms with E-state index in [1.807, 2.05) is 58.0 Å². The molecule has 34 heavy (non-hydrogen) atoms. The standard InChI is InChI=1S/C25H28N4O4S/c1-14-10-11-18(12-16(14)3)26-22(21-23(31)28(5)25(33)29(6)24(21)32)34-13-20(30)27-19-9-7-8-15(2)17(19)4/h7-12,31H,13H2,1-6H3,(H,27,30). The van der Waals surface area contributed by atoms with Crippen LogP contribution in [-0.4, -0.2) is 30.9 Å². The second-order valence-corrected chi connectivity index (χ2v) is 9.14. The van der Waals surface area contributed by atoms with Crippen molar-refractivity contribution in [3.05, 3.63) is 85.1 Å². The van der Waals surface area contributed by atoms with Gasteiger partial charge < -0.3 is 10.4 Å². The van der Waals surface area contributed by atoms with Gasteiger partial charge >= 0.3 is 5.69 Å². The van der Waals surface area contributed by atoms with E-state index in [1.165, 1.54) is 14.1 Å². The van der Waals surface area contributed by atoms with Gasteiger partial charge in [0.1, 0.15) is 10.6 Å². The zero-order chi connectivity index (χ0) is 25.2. The molecule has 0 bridgehead atoms. The summed E-state index contributed by atoms with van der Waals surface area (Å²) in [4.78, 5) is 42.5. The minimum Gasteiger partial charge on any atom is -0.494 e. The summed E-state index contributed by atoms with van der Waals surface area (Å²) in [6, 6.07) is 11.2. The number of rotatable bonds is 5. The van der Waals surface area contributed by atoms with Gasteiger partial charge in [0.25, 0.3) is 5.56 Å². The van der Waals surface area contributed by atoms with Crippen molar-refractivity contribution >= 4 is 34.1 Å². The van der Waals surface area contributed by atoms with Crippen LogP contribution in [0.4, 0.5) is 11.4 Å². The Hall–Kier alpha value is -3.59. The maximum absolute atomic E-state index is 12.9. The number of aromatic nitrogens is 2. The second kappa shape index (κ2) is 10.1. The average Bonchev–Trinajstić information content (AvgIpc) is 2.80. The summed E-state index contributed by atoms with van der Waals surface area (Å²) >= 11 is 1.02. The van der Waals surface area contributed by atoms with Gasteiger partial charge in [-0.1, -0.05) is 30.0 Å². The number of nitrogens with one attached hydrogen (secondary N) is 1. The zero-order valence-electron chi connectivity index (χ0n) is 20.1. The van der Waals surface area contributed by atoms with E-state index in [2.05, 4.69) is 10.3 Å². The zero-order valence-corrected chi connectivity index (χ0v) is 20.9. The highest BCUT2D eigenvalue weighted by atomic mass is 32.2. The molecule has 0 radical (unpaired) electrons. The van der Waals surface area contributed by atoms with Crippen LogP contribution in [-0.2, 0) is 18.9 Å². The quantitative estimate of drug-likeness (QED) is 0.430. The van der Waals surface area contributed by atoms with Crippen LogP contribution in [0.2, 0.25) is 0 Å². The van der Waals surface area contributed by atoms with Gasteiger partial charge in [-0.3, -0.25) is 18.7 Å². The number of hydrogen-bond donors (Lipinski definition) is 2. The summed E-state index contributed by atoms with van der Waals surface area (Å²) in [5.41, 5.74) is 3.91. The van der Waals surface area contributed by atoms with Gasteiger partial charge in [-0.15, -0.1) is 0 Å². The first-order valence-electron chi connectivity index (χ1n) is 10.7. The number of amides is 1. The molecule has 8 nitrogen and oxygen atoms in total. The van der Waals surface area contributed by atoms with E-state index in [0.717, 1.165) is 43.1 Å². The molecule has 2 N–H and O–H groups in total. The number of aliphatic imine (C=N–C) groups is 1. The molecule has 0 aliphatic carbocycles. The van der Waals surface area contributed by atoms with Crippen molar-refractivity contribution in [2.24, 2.45) is 19.1 Å². The van der Waals surface area contributed by atoms with Gasteiger partial charge in [-0.05, 0) is 68.1 Å². The number of hydrogen-bond acceptors (Lipinski definition) is 6. The van der Waals surface area contributed by atoms with E-state index in [1.54, 1.807) is 6.07 Å². The highest BCUT2D eigenvalue weighted by Gasteiger charge is 2.22. The summed E-state index contributed by atoms with van der Waals surface area (Å²) in [6.45, 7) is 7.81. The van der Waals surface area contributed by atoms with Crippen molar-refractivity contribution in [3.63, 3.8) is 0 Å². The fourth-order valence-electron chi connectivity index (χ4n) is 3.30. The van der Waals surface area contributed by atoms with Gasteiger partial charge in [-0.25, -0.2) is 9.79 Å². The molecule has 0 saturated carbocycles. The monoisotopic (exact) mass is 480 g/mol. The molecule has 0 aliphatic rings. The van der Waals surface area contributed by atoms with Gasteiger partial charge in [0.15, 0.2) is 0 Å². The number of carbonyl (C=O) groups excluding carboxylic acids is 1. The Morgan fingerprint density at radius 1 is 1.00 bits per heavy atom. The van der Waals surface area contributed by atoms with Crippen LogP contribution in [0.5, 0.6) is 5.88 Å². The summed E-state index contributed by atoms with van der Waals surface area (Å²) in [7, 11) is 2.70. The van der Waals surface area contributed by atoms with Crippen molar-refractivity contribution < 1.29 is 9.90 Å². The smallest absolute Gasteiger partial charge is 0.333 e. The van der Waals surface area contributed by atoms with Crippen LogP contribution in [0.1, 0.15) is 27.8 Å². The van der Waals surface area contributed by atoms with Crippen LogP contribution in [0, 0.1) is 27.7 Å². The summed E-state index contributed by atoms with van der Waals surface area (Å²) in [6.07, 6.45) is 0. The van der Waals surface area contributed by atoms with Crippen molar-refractivity contribution in [1.82, 2.24) is 9.13 Å². The van der Waals surface area contributed by atoms with E-state index in [9.17, 15) is 19.5 Å². The van der Waals surface area contributed by atoms with Crippen LogP contribution in [0.25, 0.3) is 0 Å². The molecule has 1 heterocycles. The molecule has 9 heteroatoms. The molecule has 3 rings (SSSR count). The first-order chi connectivity index (χ1) is 16.0. The lowest BCUT2D eigenvalue weighted by atomic mass is 10.1. The Morgan fingerprint density at radius 2 is 1.71 bits per heavy atom. The molecular weight excluding hydrogens is 452 g/mol. The Kier molecular flexibility index (Phi) is 7.46. The molecule has 178 valence electrons. The topological polar surface area (TPSA) is 106 Å². The minimum atomic E-state index is -0.689. The molecule has 0 aliphatic heterocycles. The molecule has 0 atom stereocenters. The highest BCUT2D eigenvalue weighted by Crippen LogP contribution is 2.25. The van der Waals surface area contributed by atoms with Crippen LogP contribution >= 0.6 is 11.8 Å². The lowest BCUT2D eigenvalue weighted by molar-refractivity contribution is -0.113. The number of benzene rings is 2. The average molecular weight is 481 g/mol. The molecule has 1 amide bonds. The van der Waals surface area contributed by atoms with Gasteiger partial charge in [0.2, 0.25) is 11.8 Å². The third kappa shape index (κ3) is 5.14. The number of carbonyl (C=O) groups is 1. The van der Waals surface area contributed by atoms with Crippen LogP contribution < -0.4 is 16.6 Å². The largest absolute Gasteiger partial charge is 0.494 e. The molecular formula is C25H28N4O4S. The second-order valence-electron chi connectivity index (χ2n) is 8.17. The highest BCUT2D eigenvalue weighted by molar-refractivity contribution is 8.15. The molecule has 0 unspecified atom stereocenters. The molecule has 0 spiro atoms. The Morgan fingerprint density at radius 3 is 2.38 bits per heavy atom. The number of aromatic hydroxyl groups is 1. The van der Waals surface area contributed by atoms with Gasteiger partial charge in [-0.2, -0.15) is 0 Å². The van der Waals surface area contributed by atoms with Crippen LogP contribution in [0.3, 0.4) is 0 Å². The van der Waals surface area contributed by atoms with E-state index < -0.39 is 17.1 Å². The molecule has 0 fully saturated rings. The molecule has 0 saturated heterocycles. The molecule has 2 aromatic carbocycles. The molecule has 1 aromatic heterocycles. The fraction of sp³-hybridized carbons (Fsp3) is 0.280. The Bertz CT molecular complexity index is 1420. The van der Waals surface area contributed by atoms with Gasteiger partial charge in [0.05, 0.1) is 11.4 Å². The summed E-state index contributed by atoms with van der Waals surface area (Å²) in [5, 5.41) is 13.7. The first-order valence-corrected chi connectivity index (χ1v) is 11.6. The van der Waals surface area contributed by atoms with Crippen molar-refractivity contribution in [2.45, 2.75) is 27.7 Å². The normalized spacial score (nSPS) is 11.5. The Balaban J connectivity index is 2.01. The summed E-state index contributed by atoms with van der Waals surface area (Å²) < 4.78 is 1.88. The first kappa shape index (κ1) is 25.0. The van der Waals surface area contributed by atoms with Crippen LogP contribution in [0.15, 0.2) is 51.0 Å². The van der Waals surface area contributed by atoms with Crippen molar-refractivity contribution in [1.29, 1.82) is 0 Å². The SMILES string of the molecule is Cc1ccc(N=C(SCC(=O)Nc2cccc(C)c2C)c2c(O)n(C)c(=O)n(C)c2=O)cc1C. The minimum absolute atomic E-state index is 0.0531. The third-order valence-corrected chi connectivity index (χ3v) is 6.76. The number of nitrogens with zero attached hydrogens (tertiary/aromatic N) is 3. The predicted octanol–water partition coefficient (Wildman–Crippen LogP) is 3.47. The third-order valence-electron chi connectivity index (χ3n) is 5.79.